The quantitative estimate of drug-likeness (QED) is 0.117. The van der Waals surface area contributed by atoms with Gasteiger partial charge in [0.05, 0.1) is 33.1 Å². The summed E-state index contributed by atoms with van der Waals surface area (Å²) in [7, 11) is 0. The number of carbonyl (C=O) groups excluding carboxylic acids is 1. The SMILES string of the molecule is CCCCCCCCc1c(CC)nc2ncnn2c1N.O=C(NCCc1ncc(C(F)(F)F)cc1Cl)c1ccccc1C(F)(F)F. The predicted octanol–water partition coefficient (Wildman–Crippen LogP) is 7.92. The van der Waals surface area contributed by atoms with Gasteiger partial charge in [0.25, 0.3) is 11.7 Å². The number of amides is 1. The molecule has 0 aliphatic heterocycles. The van der Waals surface area contributed by atoms with Crippen LogP contribution in [0.4, 0.5) is 32.2 Å². The van der Waals surface area contributed by atoms with Gasteiger partial charge in [-0.1, -0.05) is 69.7 Å². The van der Waals surface area contributed by atoms with Crippen LogP contribution in [0.15, 0.2) is 42.9 Å². The number of benzene rings is 1. The highest BCUT2D eigenvalue weighted by molar-refractivity contribution is 6.31. The van der Waals surface area contributed by atoms with E-state index in [9.17, 15) is 31.1 Å². The second-order valence-corrected chi connectivity index (χ2v) is 10.9. The molecule has 0 aliphatic rings. The van der Waals surface area contributed by atoms with Gasteiger partial charge in [-0.25, -0.2) is 4.98 Å². The van der Waals surface area contributed by atoms with E-state index in [-0.39, 0.29) is 23.7 Å². The molecular formula is C31H36ClF6N7O. The third-order valence-electron chi connectivity index (χ3n) is 7.13. The van der Waals surface area contributed by atoms with Crippen LogP contribution in [0.25, 0.3) is 5.78 Å². The highest BCUT2D eigenvalue weighted by atomic mass is 35.5. The van der Waals surface area contributed by atoms with E-state index in [1.54, 1.807) is 4.52 Å². The zero-order valence-corrected chi connectivity index (χ0v) is 26.2. The first-order chi connectivity index (χ1) is 21.8. The van der Waals surface area contributed by atoms with Gasteiger partial charge in [-0.2, -0.15) is 40.9 Å². The van der Waals surface area contributed by atoms with Crippen LogP contribution < -0.4 is 11.1 Å². The number of rotatable bonds is 12. The lowest BCUT2D eigenvalue weighted by Crippen LogP contribution is -2.28. The largest absolute Gasteiger partial charge is 0.417 e. The normalized spacial score (nSPS) is 11.8. The zero-order valence-electron chi connectivity index (χ0n) is 25.5. The van der Waals surface area contributed by atoms with Gasteiger partial charge in [-0.15, -0.1) is 0 Å². The Balaban J connectivity index is 0.000000259. The molecule has 0 bridgehead atoms. The van der Waals surface area contributed by atoms with Gasteiger partial charge in [0.1, 0.15) is 12.1 Å². The molecule has 0 spiro atoms. The average Bonchev–Trinajstić information content (AvgIpc) is 3.49. The maximum Gasteiger partial charge on any atom is 0.417 e. The van der Waals surface area contributed by atoms with E-state index in [4.69, 9.17) is 17.3 Å². The Morgan fingerprint density at radius 1 is 0.935 bits per heavy atom. The first-order valence-electron chi connectivity index (χ1n) is 14.9. The van der Waals surface area contributed by atoms with E-state index < -0.39 is 35.0 Å². The molecule has 4 aromatic rings. The minimum absolute atomic E-state index is 0.0447. The van der Waals surface area contributed by atoms with E-state index in [2.05, 4.69) is 39.2 Å². The number of halogens is 7. The average molecular weight is 672 g/mol. The van der Waals surface area contributed by atoms with Gasteiger partial charge in [0.2, 0.25) is 0 Å². The second-order valence-electron chi connectivity index (χ2n) is 10.5. The first kappa shape index (κ1) is 36.5. The Kier molecular flexibility index (Phi) is 13.2. The van der Waals surface area contributed by atoms with Crippen molar-refractivity contribution in [3.8, 4) is 0 Å². The molecule has 0 atom stereocenters. The monoisotopic (exact) mass is 671 g/mol. The number of aromatic nitrogens is 5. The van der Waals surface area contributed by atoms with Crippen molar-refractivity contribution in [1.82, 2.24) is 29.9 Å². The number of hydrogen-bond acceptors (Lipinski definition) is 6. The fourth-order valence-electron chi connectivity index (χ4n) is 4.72. The molecule has 0 saturated heterocycles. The number of nitrogen functional groups attached to an aromatic ring is 1. The van der Waals surface area contributed by atoms with E-state index in [1.807, 2.05) is 0 Å². The molecule has 0 aliphatic carbocycles. The molecule has 3 N–H and O–H groups in total. The van der Waals surface area contributed by atoms with Gasteiger partial charge in [-0.3, -0.25) is 9.78 Å². The lowest BCUT2D eigenvalue weighted by molar-refractivity contribution is -0.138. The Labute approximate surface area is 267 Å². The first-order valence-corrected chi connectivity index (χ1v) is 15.3. The third-order valence-corrected chi connectivity index (χ3v) is 7.46. The van der Waals surface area contributed by atoms with Crippen molar-refractivity contribution < 1.29 is 31.1 Å². The van der Waals surface area contributed by atoms with Crippen molar-refractivity contribution in [2.45, 2.75) is 84.0 Å². The molecule has 0 fully saturated rings. The summed E-state index contributed by atoms with van der Waals surface area (Å²) < 4.78 is 77.9. The van der Waals surface area contributed by atoms with E-state index in [1.165, 1.54) is 50.9 Å². The van der Waals surface area contributed by atoms with Crippen molar-refractivity contribution in [3.05, 3.63) is 81.5 Å². The summed E-state index contributed by atoms with van der Waals surface area (Å²) in [5.74, 6) is 0.352. The Bertz CT molecular complexity index is 1590. The van der Waals surface area contributed by atoms with Gasteiger partial charge in [0, 0.05) is 24.7 Å². The topological polar surface area (TPSA) is 111 Å². The summed E-state index contributed by atoms with van der Waals surface area (Å²) >= 11 is 5.73. The summed E-state index contributed by atoms with van der Waals surface area (Å²) in [4.78, 5) is 24.2. The molecule has 0 saturated carbocycles. The van der Waals surface area contributed by atoms with Crippen molar-refractivity contribution in [2.24, 2.45) is 0 Å². The van der Waals surface area contributed by atoms with Crippen LogP contribution in [0, 0.1) is 0 Å². The van der Waals surface area contributed by atoms with Crippen LogP contribution in [0.3, 0.4) is 0 Å². The number of unbranched alkanes of at least 4 members (excludes halogenated alkanes) is 5. The molecule has 3 heterocycles. The number of alkyl halides is 6. The van der Waals surface area contributed by atoms with Crippen molar-refractivity contribution in [2.75, 3.05) is 12.3 Å². The molecule has 250 valence electrons. The lowest BCUT2D eigenvalue weighted by Gasteiger charge is -2.13. The van der Waals surface area contributed by atoms with Gasteiger partial charge in [-0.05, 0) is 37.5 Å². The number of nitrogens with two attached hydrogens (primary N) is 1. The van der Waals surface area contributed by atoms with Crippen LogP contribution >= 0.6 is 11.6 Å². The Hall–Kier alpha value is -3.94. The number of anilines is 1. The number of pyridine rings is 1. The number of hydrogen-bond donors (Lipinski definition) is 2. The van der Waals surface area contributed by atoms with Crippen LogP contribution in [0.2, 0.25) is 5.02 Å². The highest BCUT2D eigenvalue weighted by Crippen LogP contribution is 2.32. The molecule has 0 unspecified atom stereocenters. The standard InChI is InChI=1S/C16H11ClF6N2O.C15H25N5/c17-12-7-9(15(18,19)20)8-25-13(12)5-6-24-14(26)10-3-1-2-4-11(10)16(21,22)23;1-3-5-6-7-8-9-10-12-13(4-2)19-15-17-11-18-20(15)14(12)16/h1-4,7-8H,5-6H2,(H,24,26);11H,3-10,16H2,1-2H3. The van der Waals surface area contributed by atoms with Crippen LogP contribution in [0.1, 0.15) is 90.8 Å². The summed E-state index contributed by atoms with van der Waals surface area (Å²) in [6.45, 7) is 4.20. The fraction of sp³-hybridized carbons (Fsp3) is 0.452. The molecule has 1 aromatic carbocycles. The molecular weight excluding hydrogens is 636 g/mol. The highest BCUT2D eigenvalue weighted by Gasteiger charge is 2.35. The number of fused-ring (bicyclic) bond motifs is 1. The summed E-state index contributed by atoms with van der Waals surface area (Å²) in [6, 6.07) is 4.96. The number of nitrogens with zero attached hydrogens (tertiary/aromatic N) is 5. The Morgan fingerprint density at radius 2 is 1.63 bits per heavy atom. The number of nitrogens with one attached hydrogen (secondary N) is 1. The molecule has 0 radical (unpaired) electrons. The lowest BCUT2D eigenvalue weighted by atomic mass is 10.0. The third kappa shape index (κ3) is 10.0. The van der Waals surface area contributed by atoms with Crippen molar-refractivity contribution in [3.63, 3.8) is 0 Å². The van der Waals surface area contributed by atoms with Crippen LogP contribution in [-0.2, 0) is 31.6 Å². The molecule has 8 nitrogen and oxygen atoms in total. The number of carbonyl (C=O) groups is 1. The zero-order chi connectivity index (χ0) is 33.9. The smallest absolute Gasteiger partial charge is 0.383 e. The predicted molar refractivity (Wildman–Crippen MR) is 163 cm³/mol. The van der Waals surface area contributed by atoms with Crippen LogP contribution in [0.5, 0.6) is 0 Å². The van der Waals surface area contributed by atoms with E-state index in [0.29, 0.717) is 23.9 Å². The van der Waals surface area contributed by atoms with Crippen molar-refractivity contribution in [1.29, 1.82) is 0 Å². The van der Waals surface area contributed by atoms with Gasteiger partial charge in [0.15, 0.2) is 0 Å². The maximum absolute atomic E-state index is 12.9. The molecule has 4 rings (SSSR count). The van der Waals surface area contributed by atoms with Gasteiger partial charge >= 0.3 is 12.4 Å². The summed E-state index contributed by atoms with van der Waals surface area (Å²) in [5.41, 5.74) is 5.88. The van der Waals surface area contributed by atoms with Crippen LogP contribution in [-0.4, -0.2) is 37.0 Å². The molecule has 46 heavy (non-hydrogen) atoms. The van der Waals surface area contributed by atoms with E-state index in [0.717, 1.165) is 42.3 Å². The maximum atomic E-state index is 12.9. The minimum atomic E-state index is -4.69. The van der Waals surface area contributed by atoms with Crippen molar-refractivity contribution >= 4 is 29.1 Å². The molecule has 1 amide bonds. The summed E-state index contributed by atoms with van der Waals surface area (Å²) in [5, 5.41) is 6.17. The molecule has 3 aromatic heterocycles. The Morgan fingerprint density at radius 3 is 2.28 bits per heavy atom. The fourth-order valence-corrected chi connectivity index (χ4v) is 4.98. The minimum Gasteiger partial charge on any atom is -0.383 e. The summed E-state index contributed by atoms with van der Waals surface area (Å²) in [6.07, 6.45) is 2.38. The van der Waals surface area contributed by atoms with E-state index >= 15 is 0 Å². The van der Waals surface area contributed by atoms with Gasteiger partial charge < -0.3 is 11.1 Å². The number of aryl methyl sites for hydroxylation is 1. The second kappa shape index (κ2) is 16.6. The molecule has 15 heteroatoms.